The lowest BCUT2D eigenvalue weighted by Crippen LogP contribution is -2.42. The lowest BCUT2D eigenvalue weighted by Gasteiger charge is -2.29. The highest BCUT2D eigenvalue weighted by atomic mass is 32.2. The maximum absolute atomic E-state index is 12.5. The lowest BCUT2D eigenvalue weighted by molar-refractivity contribution is 0.320. The molecule has 2 aliphatic heterocycles. The van der Waals surface area contributed by atoms with Crippen LogP contribution in [0.3, 0.4) is 0 Å². The van der Waals surface area contributed by atoms with E-state index in [-0.39, 0.29) is 6.04 Å². The molecule has 0 saturated carbocycles. The number of nitrogens with two attached hydrogens (primary N) is 1. The van der Waals surface area contributed by atoms with Crippen LogP contribution < -0.4 is 10.5 Å². The Hall–Kier alpha value is -1.11. The van der Waals surface area contributed by atoms with Crippen molar-refractivity contribution in [3.8, 4) is 5.75 Å². The van der Waals surface area contributed by atoms with Gasteiger partial charge in [0.1, 0.15) is 5.75 Å². The Labute approximate surface area is 113 Å². The lowest BCUT2D eigenvalue weighted by atomic mass is 10.1. The van der Waals surface area contributed by atoms with Crippen molar-refractivity contribution in [1.82, 2.24) is 4.31 Å². The Morgan fingerprint density at radius 1 is 1.26 bits per heavy atom. The third-order valence-corrected chi connectivity index (χ3v) is 5.69. The normalized spacial score (nSPS) is 21.1. The predicted octanol–water partition coefficient (Wildman–Crippen LogP) is 0.733. The molecule has 1 saturated heterocycles. The van der Waals surface area contributed by atoms with E-state index in [0.29, 0.717) is 24.6 Å². The van der Waals surface area contributed by atoms with Gasteiger partial charge in [0.15, 0.2) is 0 Å². The van der Waals surface area contributed by atoms with Crippen molar-refractivity contribution in [1.29, 1.82) is 0 Å². The number of sulfonamides is 1. The van der Waals surface area contributed by atoms with Crippen molar-refractivity contribution in [2.45, 2.75) is 30.2 Å². The summed E-state index contributed by atoms with van der Waals surface area (Å²) in [5, 5.41) is 0. The van der Waals surface area contributed by atoms with E-state index in [1.165, 1.54) is 4.31 Å². The summed E-state index contributed by atoms with van der Waals surface area (Å²) < 4.78 is 32.0. The average molecular weight is 282 g/mol. The van der Waals surface area contributed by atoms with Crippen LogP contribution in [0.15, 0.2) is 23.1 Å². The topological polar surface area (TPSA) is 72.6 Å². The van der Waals surface area contributed by atoms with Crippen LogP contribution in [-0.4, -0.2) is 38.5 Å². The van der Waals surface area contributed by atoms with Gasteiger partial charge in [-0.2, -0.15) is 4.31 Å². The summed E-state index contributed by atoms with van der Waals surface area (Å²) in [4.78, 5) is 0.368. The highest BCUT2D eigenvalue weighted by Crippen LogP contribution is 2.29. The molecule has 0 aromatic heterocycles. The second-order valence-corrected chi connectivity index (χ2v) is 7.05. The number of hydrogen-bond donors (Lipinski definition) is 1. The zero-order valence-electron chi connectivity index (χ0n) is 10.7. The molecule has 2 N–H and O–H groups in total. The molecule has 6 heteroatoms. The number of hydrogen-bond acceptors (Lipinski definition) is 4. The highest BCUT2D eigenvalue weighted by molar-refractivity contribution is 7.89. The van der Waals surface area contributed by atoms with Crippen molar-refractivity contribution in [2.75, 3.05) is 19.7 Å². The Morgan fingerprint density at radius 3 is 2.74 bits per heavy atom. The summed E-state index contributed by atoms with van der Waals surface area (Å²) in [6, 6.07) is 5.25. The van der Waals surface area contributed by atoms with Crippen LogP contribution in [0, 0.1) is 0 Å². The molecule has 1 aromatic rings. The molecule has 3 rings (SSSR count). The third-order valence-electron chi connectivity index (χ3n) is 3.80. The van der Waals surface area contributed by atoms with E-state index < -0.39 is 10.0 Å². The van der Waals surface area contributed by atoms with Crippen LogP contribution in [0.4, 0.5) is 0 Å². The maximum Gasteiger partial charge on any atom is 0.243 e. The highest BCUT2D eigenvalue weighted by Gasteiger charge is 2.29. The molecule has 0 bridgehead atoms. The Morgan fingerprint density at radius 2 is 2.00 bits per heavy atom. The summed E-state index contributed by atoms with van der Waals surface area (Å²) >= 11 is 0. The number of rotatable bonds is 2. The van der Waals surface area contributed by atoms with E-state index in [4.69, 9.17) is 10.5 Å². The molecule has 1 aromatic carbocycles. The van der Waals surface area contributed by atoms with E-state index in [9.17, 15) is 8.42 Å². The van der Waals surface area contributed by atoms with Gasteiger partial charge in [0, 0.05) is 25.6 Å². The molecular weight excluding hydrogens is 264 g/mol. The number of ether oxygens (including phenoxy) is 1. The van der Waals surface area contributed by atoms with Crippen LogP contribution in [0.25, 0.3) is 0 Å². The number of benzene rings is 1. The summed E-state index contributed by atoms with van der Waals surface area (Å²) in [5.74, 6) is 0.805. The van der Waals surface area contributed by atoms with Crippen LogP contribution in [0.5, 0.6) is 5.75 Å². The molecule has 0 radical (unpaired) electrons. The average Bonchev–Trinajstić information content (AvgIpc) is 2.86. The Balaban J connectivity index is 1.88. The first kappa shape index (κ1) is 12.9. The minimum atomic E-state index is -3.38. The van der Waals surface area contributed by atoms with E-state index >= 15 is 0 Å². The van der Waals surface area contributed by atoms with Crippen LogP contribution in [0.1, 0.15) is 18.4 Å². The number of nitrogens with zero attached hydrogens (tertiary/aromatic N) is 1. The van der Waals surface area contributed by atoms with Gasteiger partial charge in [0.2, 0.25) is 10.0 Å². The fourth-order valence-electron chi connectivity index (χ4n) is 2.59. The molecule has 2 aliphatic rings. The van der Waals surface area contributed by atoms with Crippen molar-refractivity contribution < 1.29 is 13.2 Å². The maximum atomic E-state index is 12.5. The molecule has 0 unspecified atom stereocenters. The molecule has 5 nitrogen and oxygen atoms in total. The standard InChI is InChI=1S/C13H18N2O3S/c14-11-3-6-15(7-4-11)19(16,17)12-1-2-13-10(9-12)5-8-18-13/h1-2,9,11H,3-8,14H2. The molecule has 0 amide bonds. The van der Waals surface area contributed by atoms with E-state index in [2.05, 4.69) is 0 Å². The monoisotopic (exact) mass is 282 g/mol. The molecule has 19 heavy (non-hydrogen) atoms. The van der Waals surface area contributed by atoms with E-state index in [1.54, 1.807) is 18.2 Å². The molecule has 0 spiro atoms. The van der Waals surface area contributed by atoms with Gasteiger partial charge in [0.25, 0.3) is 0 Å². The molecule has 0 atom stereocenters. The van der Waals surface area contributed by atoms with Crippen molar-refractivity contribution in [3.05, 3.63) is 23.8 Å². The van der Waals surface area contributed by atoms with Crippen LogP contribution in [-0.2, 0) is 16.4 Å². The van der Waals surface area contributed by atoms with Gasteiger partial charge >= 0.3 is 0 Å². The molecule has 0 aliphatic carbocycles. The molecular formula is C13H18N2O3S. The second kappa shape index (κ2) is 4.77. The van der Waals surface area contributed by atoms with Gasteiger partial charge in [-0.15, -0.1) is 0 Å². The Bertz CT molecular complexity index is 578. The van der Waals surface area contributed by atoms with Gasteiger partial charge in [-0.25, -0.2) is 8.42 Å². The summed E-state index contributed by atoms with van der Waals surface area (Å²) in [7, 11) is -3.38. The first-order chi connectivity index (χ1) is 9.07. The fourth-order valence-corrected chi connectivity index (χ4v) is 4.11. The molecule has 1 fully saturated rings. The summed E-state index contributed by atoms with van der Waals surface area (Å²) in [5.41, 5.74) is 6.80. The largest absolute Gasteiger partial charge is 0.493 e. The number of fused-ring (bicyclic) bond motifs is 1. The quantitative estimate of drug-likeness (QED) is 0.868. The van der Waals surface area contributed by atoms with Gasteiger partial charge in [-0.1, -0.05) is 0 Å². The van der Waals surface area contributed by atoms with Gasteiger partial charge in [-0.3, -0.25) is 0 Å². The van der Waals surface area contributed by atoms with Crippen LogP contribution >= 0.6 is 0 Å². The van der Waals surface area contributed by atoms with E-state index in [1.807, 2.05) is 0 Å². The first-order valence-electron chi connectivity index (χ1n) is 6.59. The van der Waals surface area contributed by atoms with Gasteiger partial charge < -0.3 is 10.5 Å². The minimum absolute atomic E-state index is 0.125. The van der Waals surface area contributed by atoms with Crippen LogP contribution in [0.2, 0.25) is 0 Å². The smallest absolute Gasteiger partial charge is 0.243 e. The van der Waals surface area contributed by atoms with E-state index in [0.717, 1.165) is 30.6 Å². The van der Waals surface area contributed by atoms with Crippen molar-refractivity contribution >= 4 is 10.0 Å². The van der Waals surface area contributed by atoms with Gasteiger partial charge in [0.05, 0.1) is 11.5 Å². The Kier molecular flexibility index (Phi) is 3.24. The molecule has 2 heterocycles. The minimum Gasteiger partial charge on any atom is -0.493 e. The zero-order valence-corrected chi connectivity index (χ0v) is 11.5. The summed E-state index contributed by atoms with van der Waals surface area (Å²) in [6.45, 7) is 1.66. The first-order valence-corrected chi connectivity index (χ1v) is 8.03. The third kappa shape index (κ3) is 2.35. The summed E-state index contributed by atoms with van der Waals surface area (Å²) in [6.07, 6.45) is 2.24. The predicted molar refractivity (Wildman–Crippen MR) is 71.6 cm³/mol. The molecule has 104 valence electrons. The zero-order chi connectivity index (χ0) is 13.5. The SMILES string of the molecule is NC1CCN(S(=O)(=O)c2ccc3c(c2)CCO3)CC1. The number of piperidine rings is 1. The van der Waals surface area contributed by atoms with Crippen molar-refractivity contribution in [3.63, 3.8) is 0 Å². The second-order valence-electron chi connectivity index (χ2n) is 5.11. The fraction of sp³-hybridized carbons (Fsp3) is 0.538. The van der Waals surface area contributed by atoms with Crippen molar-refractivity contribution in [2.24, 2.45) is 5.73 Å². The van der Waals surface area contributed by atoms with Gasteiger partial charge in [-0.05, 0) is 36.6 Å².